The summed E-state index contributed by atoms with van der Waals surface area (Å²) in [6, 6.07) is 11.2. The van der Waals surface area contributed by atoms with Gasteiger partial charge < -0.3 is 15.2 Å². The molecule has 0 atom stereocenters. The van der Waals surface area contributed by atoms with Crippen LogP contribution in [0.5, 0.6) is 0 Å². The van der Waals surface area contributed by atoms with E-state index < -0.39 is 11.2 Å². The van der Waals surface area contributed by atoms with Gasteiger partial charge >= 0.3 is 0 Å². The molecule has 29 heavy (non-hydrogen) atoms. The molecule has 2 aromatic carbocycles. The predicted molar refractivity (Wildman–Crippen MR) is 111 cm³/mol. The average molecular weight is 396 g/mol. The number of rotatable bonds is 5. The normalized spacial score (nSPS) is 11.5. The molecule has 0 aliphatic rings. The number of hydrogen-bond donors (Lipinski definition) is 2. The molecule has 0 fully saturated rings. The highest BCUT2D eigenvalue weighted by molar-refractivity contribution is 5.96. The van der Waals surface area contributed by atoms with Gasteiger partial charge in [-0.15, -0.1) is 0 Å². The molecule has 0 bridgehead atoms. The SMILES string of the molecule is Cn1c(CCNC(=O)c2cccc(F)c2)nc2cc(NC(=O)C(C)(C)C)ccc21. The van der Waals surface area contributed by atoms with E-state index in [0.29, 0.717) is 18.7 Å². The molecule has 3 aromatic rings. The summed E-state index contributed by atoms with van der Waals surface area (Å²) in [6.45, 7) is 5.95. The van der Waals surface area contributed by atoms with Crippen LogP contribution in [-0.2, 0) is 18.3 Å². The molecule has 2 amide bonds. The van der Waals surface area contributed by atoms with E-state index in [-0.39, 0.29) is 17.4 Å². The van der Waals surface area contributed by atoms with Gasteiger partial charge in [0.05, 0.1) is 11.0 Å². The lowest BCUT2D eigenvalue weighted by molar-refractivity contribution is -0.123. The van der Waals surface area contributed by atoms with Crippen LogP contribution in [0.25, 0.3) is 11.0 Å². The second kappa shape index (κ2) is 8.03. The van der Waals surface area contributed by atoms with E-state index in [2.05, 4.69) is 15.6 Å². The van der Waals surface area contributed by atoms with Crippen LogP contribution in [0, 0.1) is 11.2 Å². The van der Waals surface area contributed by atoms with Crippen molar-refractivity contribution in [2.75, 3.05) is 11.9 Å². The van der Waals surface area contributed by atoms with Crippen molar-refractivity contribution in [3.05, 3.63) is 59.7 Å². The first-order chi connectivity index (χ1) is 13.6. The third kappa shape index (κ3) is 4.80. The van der Waals surface area contributed by atoms with Gasteiger partial charge in [0.15, 0.2) is 0 Å². The molecule has 0 saturated heterocycles. The smallest absolute Gasteiger partial charge is 0.251 e. The molecule has 0 aliphatic heterocycles. The van der Waals surface area contributed by atoms with Crippen LogP contribution >= 0.6 is 0 Å². The average Bonchev–Trinajstić information content (AvgIpc) is 2.96. The maximum Gasteiger partial charge on any atom is 0.251 e. The number of imidazole rings is 1. The minimum absolute atomic E-state index is 0.0620. The molecule has 0 spiro atoms. The first kappa shape index (κ1) is 20.5. The van der Waals surface area contributed by atoms with Crippen LogP contribution in [0.15, 0.2) is 42.5 Å². The van der Waals surface area contributed by atoms with Crippen LogP contribution in [-0.4, -0.2) is 27.9 Å². The Bertz CT molecular complexity index is 1070. The highest BCUT2D eigenvalue weighted by Gasteiger charge is 2.21. The fraction of sp³-hybridized carbons (Fsp3) is 0.318. The summed E-state index contributed by atoms with van der Waals surface area (Å²) in [4.78, 5) is 28.9. The molecule has 2 N–H and O–H groups in total. The van der Waals surface area contributed by atoms with Gasteiger partial charge in [-0.3, -0.25) is 9.59 Å². The third-order valence-electron chi connectivity index (χ3n) is 4.63. The number of fused-ring (bicyclic) bond motifs is 1. The largest absolute Gasteiger partial charge is 0.352 e. The Morgan fingerprint density at radius 1 is 1.14 bits per heavy atom. The molecule has 7 heteroatoms. The van der Waals surface area contributed by atoms with Gasteiger partial charge in [-0.25, -0.2) is 9.37 Å². The summed E-state index contributed by atoms with van der Waals surface area (Å²) in [5.41, 5.74) is 2.20. The molecular weight excluding hydrogens is 371 g/mol. The second-order valence-corrected chi connectivity index (χ2v) is 8.01. The Labute approximate surface area is 169 Å². The summed E-state index contributed by atoms with van der Waals surface area (Å²) >= 11 is 0. The molecule has 0 radical (unpaired) electrons. The number of carbonyl (C=O) groups excluding carboxylic acids is 2. The van der Waals surface area contributed by atoms with E-state index in [0.717, 1.165) is 16.9 Å². The minimum Gasteiger partial charge on any atom is -0.352 e. The molecule has 0 saturated carbocycles. The first-order valence-electron chi connectivity index (χ1n) is 9.46. The lowest BCUT2D eigenvalue weighted by Gasteiger charge is -2.17. The number of hydrogen-bond acceptors (Lipinski definition) is 3. The van der Waals surface area contributed by atoms with Gasteiger partial charge in [-0.2, -0.15) is 0 Å². The van der Waals surface area contributed by atoms with Crippen LogP contribution in [0.1, 0.15) is 37.0 Å². The number of amides is 2. The van der Waals surface area contributed by atoms with E-state index in [1.807, 2.05) is 50.6 Å². The van der Waals surface area contributed by atoms with Gasteiger partial charge in [-0.1, -0.05) is 26.8 Å². The third-order valence-corrected chi connectivity index (χ3v) is 4.63. The molecule has 3 rings (SSSR count). The fourth-order valence-corrected chi connectivity index (χ4v) is 2.89. The fourth-order valence-electron chi connectivity index (χ4n) is 2.89. The van der Waals surface area contributed by atoms with Crippen LogP contribution in [0.4, 0.5) is 10.1 Å². The Morgan fingerprint density at radius 2 is 1.90 bits per heavy atom. The molecule has 0 aliphatic carbocycles. The lowest BCUT2D eigenvalue weighted by atomic mass is 9.95. The standard InChI is InChI=1S/C22H25FN4O2/c1-22(2,3)21(29)25-16-8-9-18-17(13-16)26-19(27(18)4)10-11-24-20(28)14-6-5-7-15(23)12-14/h5-9,12-13H,10-11H2,1-4H3,(H,24,28)(H,25,29). The Morgan fingerprint density at radius 3 is 2.59 bits per heavy atom. The maximum atomic E-state index is 13.2. The summed E-state index contributed by atoms with van der Waals surface area (Å²) < 4.78 is 15.2. The van der Waals surface area contributed by atoms with Crippen LogP contribution in [0.3, 0.4) is 0 Å². The maximum absolute atomic E-state index is 13.2. The Kier molecular flexibility index (Phi) is 5.68. The van der Waals surface area contributed by atoms with Crippen molar-refractivity contribution in [2.45, 2.75) is 27.2 Å². The summed E-state index contributed by atoms with van der Waals surface area (Å²) in [5, 5.41) is 5.69. The van der Waals surface area contributed by atoms with Crippen LogP contribution in [0.2, 0.25) is 0 Å². The van der Waals surface area contributed by atoms with E-state index in [1.165, 1.54) is 18.2 Å². The topological polar surface area (TPSA) is 76.0 Å². The second-order valence-electron chi connectivity index (χ2n) is 8.01. The molecule has 0 unspecified atom stereocenters. The van der Waals surface area contributed by atoms with Crippen molar-refractivity contribution in [3.8, 4) is 0 Å². The summed E-state index contributed by atoms with van der Waals surface area (Å²) in [5.74, 6) is -0.0234. The molecule has 1 aromatic heterocycles. The van der Waals surface area contributed by atoms with Gasteiger partial charge in [0, 0.05) is 36.7 Å². The van der Waals surface area contributed by atoms with Crippen molar-refractivity contribution < 1.29 is 14.0 Å². The number of nitrogens with one attached hydrogen (secondary N) is 2. The van der Waals surface area contributed by atoms with Crippen molar-refractivity contribution in [2.24, 2.45) is 12.5 Å². The van der Waals surface area contributed by atoms with Crippen molar-refractivity contribution in [1.82, 2.24) is 14.9 Å². The van der Waals surface area contributed by atoms with Gasteiger partial charge in [-0.05, 0) is 36.4 Å². The van der Waals surface area contributed by atoms with Gasteiger partial charge in [0.25, 0.3) is 5.91 Å². The van der Waals surface area contributed by atoms with E-state index in [1.54, 1.807) is 6.07 Å². The van der Waals surface area contributed by atoms with Crippen molar-refractivity contribution in [3.63, 3.8) is 0 Å². The van der Waals surface area contributed by atoms with Gasteiger partial charge in [0.1, 0.15) is 11.6 Å². The van der Waals surface area contributed by atoms with Gasteiger partial charge in [0.2, 0.25) is 5.91 Å². The van der Waals surface area contributed by atoms with Crippen LogP contribution < -0.4 is 10.6 Å². The zero-order valence-electron chi connectivity index (χ0n) is 17.0. The number of benzene rings is 2. The number of nitrogens with zero attached hydrogens (tertiary/aromatic N) is 2. The molecule has 152 valence electrons. The number of anilines is 1. The summed E-state index contributed by atoms with van der Waals surface area (Å²) in [7, 11) is 1.91. The van der Waals surface area contributed by atoms with E-state index >= 15 is 0 Å². The van der Waals surface area contributed by atoms with E-state index in [4.69, 9.17) is 0 Å². The monoisotopic (exact) mass is 396 g/mol. The first-order valence-corrected chi connectivity index (χ1v) is 9.46. The van der Waals surface area contributed by atoms with Crippen molar-refractivity contribution >= 4 is 28.5 Å². The lowest BCUT2D eigenvalue weighted by Crippen LogP contribution is -2.27. The number of carbonyl (C=O) groups is 2. The number of aromatic nitrogens is 2. The minimum atomic E-state index is -0.482. The van der Waals surface area contributed by atoms with E-state index in [9.17, 15) is 14.0 Å². The molecule has 6 nitrogen and oxygen atoms in total. The number of aryl methyl sites for hydroxylation is 1. The van der Waals surface area contributed by atoms with Crippen molar-refractivity contribution in [1.29, 1.82) is 0 Å². The quantitative estimate of drug-likeness (QED) is 0.691. The predicted octanol–water partition coefficient (Wildman–Crippen LogP) is 3.67. The molecular formula is C22H25FN4O2. The zero-order chi connectivity index (χ0) is 21.2. The zero-order valence-corrected chi connectivity index (χ0v) is 17.0. The summed E-state index contributed by atoms with van der Waals surface area (Å²) in [6.07, 6.45) is 0.524. The highest BCUT2D eigenvalue weighted by Crippen LogP contribution is 2.22. The highest BCUT2D eigenvalue weighted by atomic mass is 19.1. The Balaban J connectivity index is 1.68. The molecule has 1 heterocycles. The Hall–Kier alpha value is -3.22. The number of halogens is 1.